The van der Waals surface area contributed by atoms with Gasteiger partial charge in [0.1, 0.15) is 6.04 Å². The van der Waals surface area contributed by atoms with Crippen LogP contribution < -0.4 is 16.8 Å². The fraction of sp³-hybridized carbons (Fsp3) is 0.429. The second-order valence-electron chi connectivity index (χ2n) is 6.52. The van der Waals surface area contributed by atoms with Crippen molar-refractivity contribution in [2.24, 2.45) is 17.4 Å². The van der Waals surface area contributed by atoms with E-state index in [0.29, 0.717) is 24.3 Å². The van der Waals surface area contributed by atoms with Crippen LogP contribution in [0.15, 0.2) is 37.4 Å². The van der Waals surface area contributed by atoms with E-state index >= 15 is 0 Å². The molecule has 0 aliphatic heterocycles. The molecule has 2 aliphatic carbocycles. The van der Waals surface area contributed by atoms with Crippen molar-refractivity contribution in [2.45, 2.75) is 43.7 Å². The molecule has 1 unspecified atom stereocenters. The lowest BCUT2D eigenvalue weighted by molar-refractivity contribution is -0.122. The number of benzene rings is 1. The summed E-state index contributed by atoms with van der Waals surface area (Å²) in [7, 11) is 1.00. The van der Waals surface area contributed by atoms with Gasteiger partial charge in [-0.2, -0.15) is 0 Å². The molecule has 2 saturated carbocycles. The average molecular weight is 371 g/mol. The first-order valence-electron chi connectivity index (χ1n) is 8.93. The van der Waals surface area contributed by atoms with Crippen LogP contribution in [0.5, 0.6) is 0 Å². The molecule has 1 aromatic carbocycles. The number of aliphatic hydroxyl groups excluding tert-OH is 1. The summed E-state index contributed by atoms with van der Waals surface area (Å²) in [6.45, 7) is 6.00. The third-order valence-corrected chi connectivity index (χ3v) is 4.56. The van der Waals surface area contributed by atoms with E-state index in [-0.39, 0.29) is 5.91 Å². The lowest BCUT2D eigenvalue weighted by Crippen LogP contribution is -2.66. The molecule has 6 heteroatoms. The van der Waals surface area contributed by atoms with E-state index < -0.39 is 17.5 Å². The molecule has 0 bridgehead atoms. The molecule has 27 heavy (non-hydrogen) atoms. The molecule has 3 rings (SSSR count). The van der Waals surface area contributed by atoms with Gasteiger partial charge in [-0.05, 0) is 56.4 Å². The summed E-state index contributed by atoms with van der Waals surface area (Å²) in [6, 6.07) is 6.19. The van der Waals surface area contributed by atoms with Gasteiger partial charge in [-0.1, -0.05) is 11.8 Å². The Kier molecular flexibility index (Phi) is 8.73. The molecule has 0 radical (unpaired) electrons. The number of nitrogens with two attached hydrogens (primary N) is 2. The van der Waals surface area contributed by atoms with Crippen LogP contribution in [0.25, 0.3) is 0 Å². The van der Waals surface area contributed by atoms with Crippen molar-refractivity contribution in [1.29, 1.82) is 0 Å². The van der Waals surface area contributed by atoms with Gasteiger partial charge in [0.2, 0.25) is 5.91 Å². The van der Waals surface area contributed by atoms with E-state index in [0.717, 1.165) is 19.1 Å². The van der Waals surface area contributed by atoms with Crippen molar-refractivity contribution in [3.05, 3.63) is 48.6 Å². The van der Waals surface area contributed by atoms with Crippen molar-refractivity contribution >= 4 is 11.8 Å². The summed E-state index contributed by atoms with van der Waals surface area (Å²) in [6.07, 6.45) is 4.70. The first-order chi connectivity index (χ1) is 13.0. The molecule has 0 saturated heterocycles. The van der Waals surface area contributed by atoms with Gasteiger partial charge in [0.15, 0.2) is 0 Å². The van der Waals surface area contributed by atoms with Crippen molar-refractivity contribution in [3.8, 4) is 11.8 Å². The molecule has 2 amide bonds. The zero-order valence-electron chi connectivity index (χ0n) is 15.8. The Hall–Kier alpha value is -2.62. The van der Waals surface area contributed by atoms with Crippen LogP contribution >= 0.6 is 0 Å². The molecule has 6 N–H and O–H groups in total. The maximum absolute atomic E-state index is 12.3. The monoisotopic (exact) mass is 371 g/mol. The van der Waals surface area contributed by atoms with E-state index in [4.69, 9.17) is 16.6 Å². The number of hydrogen-bond donors (Lipinski definition) is 4. The van der Waals surface area contributed by atoms with Crippen molar-refractivity contribution in [3.63, 3.8) is 0 Å². The number of nitrogens with one attached hydrogen (secondary N) is 1. The quantitative estimate of drug-likeness (QED) is 0.471. The molecular formula is C21H29N3O3. The Labute approximate surface area is 161 Å². The molecule has 0 aromatic heterocycles. The summed E-state index contributed by atoms with van der Waals surface area (Å²) in [5.74, 6) is 5.88. The highest BCUT2D eigenvalue weighted by Gasteiger charge is 2.44. The van der Waals surface area contributed by atoms with Crippen molar-refractivity contribution < 1.29 is 14.7 Å². The third-order valence-electron chi connectivity index (χ3n) is 4.56. The molecule has 2 fully saturated rings. The molecule has 6 nitrogen and oxygen atoms in total. The number of carbonyl (C=O) groups is 2. The fourth-order valence-electron chi connectivity index (χ4n) is 2.70. The summed E-state index contributed by atoms with van der Waals surface area (Å²) in [5, 5.41) is 9.68. The zero-order chi connectivity index (χ0) is 20.4. The SMILES string of the molecule is C=C.CO.NC(=O)C(NC(=O)c1ccc(C#CC2CC2)cc1)C1(N)CCC1. The van der Waals surface area contributed by atoms with E-state index in [1.165, 1.54) is 12.8 Å². The van der Waals surface area contributed by atoms with Crippen LogP contribution in [0, 0.1) is 17.8 Å². The van der Waals surface area contributed by atoms with Crippen LogP contribution in [0.4, 0.5) is 0 Å². The van der Waals surface area contributed by atoms with Gasteiger partial charge >= 0.3 is 0 Å². The standard InChI is InChI=1S/C18H21N3O2.C2H4.CH4O/c19-16(22)15(18(20)10-1-11-18)21-17(23)14-8-6-13(7-9-14)5-4-12-2-3-12;2*1-2/h6-9,12,15H,1-3,10-11,20H2,(H2,19,22)(H,21,23);1-2H2;2H,1H3. The molecule has 0 spiro atoms. The summed E-state index contributed by atoms with van der Waals surface area (Å²) >= 11 is 0. The Balaban J connectivity index is 0.000000855. The number of primary amides is 1. The van der Waals surface area contributed by atoms with Crippen LogP contribution in [0.3, 0.4) is 0 Å². The first kappa shape index (κ1) is 22.4. The summed E-state index contributed by atoms with van der Waals surface area (Å²) < 4.78 is 0. The number of amides is 2. The third kappa shape index (κ3) is 6.24. The topological polar surface area (TPSA) is 118 Å². The maximum atomic E-state index is 12.3. The lowest BCUT2D eigenvalue weighted by Gasteiger charge is -2.43. The minimum atomic E-state index is -0.835. The fourth-order valence-corrected chi connectivity index (χ4v) is 2.70. The Bertz CT molecular complexity index is 696. The van der Waals surface area contributed by atoms with Crippen molar-refractivity contribution in [1.82, 2.24) is 5.32 Å². The van der Waals surface area contributed by atoms with Crippen LogP contribution in [-0.2, 0) is 4.79 Å². The molecule has 1 aromatic rings. The summed E-state index contributed by atoms with van der Waals surface area (Å²) in [4.78, 5) is 23.9. The van der Waals surface area contributed by atoms with Crippen molar-refractivity contribution in [2.75, 3.05) is 7.11 Å². The minimum absolute atomic E-state index is 0.341. The molecule has 2 aliphatic rings. The predicted molar refractivity (Wildman–Crippen MR) is 107 cm³/mol. The molecule has 146 valence electrons. The highest BCUT2D eigenvalue weighted by Crippen LogP contribution is 2.32. The lowest BCUT2D eigenvalue weighted by atomic mass is 9.72. The van der Waals surface area contributed by atoms with E-state index in [1.54, 1.807) is 12.1 Å². The Morgan fingerprint density at radius 2 is 1.78 bits per heavy atom. The average Bonchev–Trinajstić information content (AvgIpc) is 3.50. The van der Waals surface area contributed by atoms with Gasteiger partial charge < -0.3 is 21.9 Å². The predicted octanol–water partition coefficient (Wildman–Crippen LogP) is 1.32. The van der Waals surface area contributed by atoms with Crippen LogP contribution in [0.2, 0.25) is 0 Å². The van der Waals surface area contributed by atoms with Crippen LogP contribution in [-0.4, -0.2) is 35.6 Å². The minimum Gasteiger partial charge on any atom is -0.400 e. The van der Waals surface area contributed by atoms with Gasteiger partial charge in [0, 0.05) is 29.7 Å². The van der Waals surface area contributed by atoms with Gasteiger partial charge in [0.25, 0.3) is 5.91 Å². The number of aliphatic hydroxyl groups is 1. The van der Waals surface area contributed by atoms with Crippen LogP contribution in [0.1, 0.15) is 48.0 Å². The van der Waals surface area contributed by atoms with Gasteiger partial charge in [-0.3, -0.25) is 9.59 Å². The maximum Gasteiger partial charge on any atom is 0.251 e. The number of hydrogen-bond acceptors (Lipinski definition) is 4. The number of rotatable bonds is 4. The highest BCUT2D eigenvalue weighted by molar-refractivity contribution is 5.97. The second-order valence-corrected chi connectivity index (χ2v) is 6.52. The first-order valence-corrected chi connectivity index (χ1v) is 8.93. The van der Waals surface area contributed by atoms with E-state index in [2.05, 4.69) is 30.3 Å². The van der Waals surface area contributed by atoms with E-state index in [9.17, 15) is 9.59 Å². The normalized spacial score (nSPS) is 17.1. The molecule has 0 heterocycles. The van der Waals surface area contributed by atoms with Gasteiger partial charge in [-0.15, -0.1) is 13.2 Å². The Morgan fingerprint density at radius 3 is 2.19 bits per heavy atom. The highest BCUT2D eigenvalue weighted by atomic mass is 16.2. The largest absolute Gasteiger partial charge is 0.400 e. The molecular weight excluding hydrogens is 342 g/mol. The Morgan fingerprint density at radius 1 is 1.22 bits per heavy atom. The second kappa shape index (κ2) is 10.5. The van der Waals surface area contributed by atoms with Gasteiger partial charge in [-0.25, -0.2) is 0 Å². The summed E-state index contributed by atoms with van der Waals surface area (Å²) in [5.41, 5.74) is 12.2. The smallest absolute Gasteiger partial charge is 0.251 e. The molecule has 1 atom stereocenters. The van der Waals surface area contributed by atoms with Gasteiger partial charge in [0.05, 0.1) is 0 Å². The zero-order valence-corrected chi connectivity index (χ0v) is 15.8. The number of carbonyl (C=O) groups excluding carboxylic acids is 2. The van der Waals surface area contributed by atoms with E-state index in [1.807, 2.05) is 12.1 Å².